The van der Waals surface area contributed by atoms with Crippen molar-refractivity contribution in [2.75, 3.05) is 4.72 Å². The van der Waals surface area contributed by atoms with Crippen molar-refractivity contribution in [1.29, 1.82) is 0 Å². The van der Waals surface area contributed by atoms with Gasteiger partial charge in [-0.05, 0) is 30.2 Å². The van der Waals surface area contributed by atoms with Gasteiger partial charge in [-0.2, -0.15) is 8.78 Å². The number of hydrogen-bond donors (Lipinski definition) is 1. The van der Waals surface area contributed by atoms with E-state index in [4.69, 9.17) is 0 Å². The van der Waals surface area contributed by atoms with E-state index in [0.29, 0.717) is 5.56 Å². The lowest BCUT2D eigenvalue weighted by atomic mass is 10.2. The van der Waals surface area contributed by atoms with Gasteiger partial charge < -0.3 is 4.74 Å². The number of anilines is 1. The molecule has 2 rings (SSSR count). The minimum atomic E-state index is -3.74. The van der Waals surface area contributed by atoms with Crippen LogP contribution in [-0.4, -0.2) is 15.0 Å². The molecule has 0 heterocycles. The molecule has 0 fully saturated rings. The van der Waals surface area contributed by atoms with E-state index in [9.17, 15) is 17.2 Å². The van der Waals surface area contributed by atoms with E-state index in [1.807, 2.05) is 0 Å². The first-order valence-electron chi connectivity index (χ1n) is 6.45. The summed E-state index contributed by atoms with van der Waals surface area (Å²) in [4.78, 5) is 0. The van der Waals surface area contributed by atoms with E-state index in [1.54, 1.807) is 43.3 Å². The first-order valence-corrected chi connectivity index (χ1v) is 8.11. The highest BCUT2D eigenvalue weighted by atomic mass is 32.2. The molecule has 0 amide bonds. The lowest BCUT2D eigenvalue weighted by Gasteiger charge is -2.14. The van der Waals surface area contributed by atoms with Crippen LogP contribution in [0.2, 0.25) is 0 Å². The molecule has 118 valence electrons. The fraction of sp³-hybridized carbons (Fsp3) is 0.200. The van der Waals surface area contributed by atoms with Gasteiger partial charge in [0, 0.05) is 0 Å². The predicted octanol–water partition coefficient (Wildman–Crippen LogP) is 3.54. The molecule has 0 aromatic heterocycles. The first-order chi connectivity index (χ1) is 10.4. The van der Waals surface area contributed by atoms with Crippen LogP contribution in [0.4, 0.5) is 14.5 Å². The summed E-state index contributed by atoms with van der Waals surface area (Å²) in [7, 11) is -3.74. The van der Waals surface area contributed by atoms with E-state index in [2.05, 4.69) is 9.46 Å². The van der Waals surface area contributed by atoms with E-state index in [-0.39, 0.29) is 17.2 Å². The van der Waals surface area contributed by atoms with Gasteiger partial charge in [-0.3, -0.25) is 4.72 Å². The maximum atomic E-state index is 12.4. The Morgan fingerprint density at radius 3 is 2.45 bits per heavy atom. The molecule has 1 N–H and O–H groups in total. The number of aryl methyl sites for hydroxylation is 1. The van der Waals surface area contributed by atoms with Crippen molar-refractivity contribution in [3.8, 4) is 5.75 Å². The summed E-state index contributed by atoms with van der Waals surface area (Å²) in [6.45, 7) is -1.30. The average molecular weight is 327 g/mol. The topological polar surface area (TPSA) is 55.4 Å². The number of ether oxygens (including phenoxy) is 1. The molecule has 2 aromatic rings. The lowest BCUT2D eigenvalue weighted by Crippen LogP contribution is -2.16. The fourth-order valence-electron chi connectivity index (χ4n) is 1.92. The minimum Gasteiger partial charge on any atom is -0.433 e. The quantitative estimate of drug-likeness (QED) is 0.883. The molecule has 0 aliphatic carbocycles. The van der Waals surface area contributed by atoms with E-state index < -0.39 is 16.6 Å². The summed E-state index contributed by atoms with van der Waals surface area (Å²) in [5.41, 5.74) is 1.31. The van der Waals surface area contributed by atoms with Crippen molar-refractivity contribution in [3.63, 3.8) is 0 Å². The van der Waals surface area contributed by atoms with Crippen LogP contribution in [0, 0.1) is 6.92 Å². The molecule has 0 bridgehead atoms. The third kappa shape index (κ3) is 4.70. The van der Waals surface area contributed by atoms with Gasteiger partial charge in [-0.1, -0.05) is 36.4 Å². The van der Waals surface area contributed by atoms with Crippen molar-refractivity contribution in [3.05, 3.63) is 59.7 Å². The molecule has 22 heavy (non-hydrogen) atoms. The molecule has 4 nitrogen and oxygen atoms in total. The largest absolute Gasteiger partial charge is 0.433 e. The van der Waals surface area contributed by atoms with Crippen LogP contribution < -0.4 is 9.46 Å². The maximum Gasteiger partial charge on any atom is 0.387 e. The molecule has 0 aliphatic heterocycles. The number of benzene rings is 2. The number of nitrogens with one attached hydrogen (secondary N) is 1. The van der Waals surface area contributed by atoms with Gasteiger partial charge in [0.2, 0.25) is 10.0 Å². The van der Waals surface area contributed by atoms with Gasteiger partial charge in [0.15, 0.2) is 0 Å². The second kappa shape index (κ2) is 6.74. The summed E-state index contributed by atoms with van der Waals surface area (Å²) in [6.07, 6.45) is 0. The highest BCUT2D eigenvalue weighted by molar-refractivity contribution is 7.91. The summed E-state index contributed by atoms with van der Waals surface area (Å²) in [5, 5.41) is 0. The van der Waals surface area contributed by atoms with Gasteiger partial charge in [-0.25, -0.2) is 8.42 Å². The monoisotopic (exact) mass is 327 g/mol. The Bertz CT molecular complexity index is 734. The zero-order chi connectivity index (χ0) is 16.2. The van der Waals surface area contributed by atoms with Crippen LogP contribution in [0.15, 0.2) is 48.5 Å². The van der Waals surface area contributed by atoms with E-state index in [0.717, 1.165) is 5.56 Å². The number of sulfonamides is 1. The van der Waals surface area contributed by atoms with Crippen LogP contribution in [0.1, 0.15) is 11.1 Å². The summed E-state index contributed by atoms with van der Waals surface area (Å²) in [6, 6.07) is 12.9. The number of hydrogen-bond acceptors (Lipinski definition) is 3. The highest BCUT2D eigenvalue weighted by Gasteiger charge is 2.16. The predicted molar refractivity (Wildman–Crippen MR) is 80.5 cm³/mol. The SMILES string of the molecule is Cc1ccc(OC(F)F)c(NS(=O)(=O)Cc2ccccc2)c1. The Hall–Kier alpha value is -2.15. The maximum absolute atomic E-state index is 12.4. The Morgan fingerprint density at radius 1 is 1.14 bits per heavy atom. The third-order valence-electron chi connectivity index (χ3n) is 2.82. The van der Waals surface area contributed by atoms with Crippen molar-refractivity contribution in [2.45, 2.75) is 19.3 Å². The number of rotatable bonds is 6. The molecule has 0 saturated carbocycles. The minimum absolute atomic E-state index is 0.00349. The summed E-state index contributed by atoms with van der Waals surface area (Å²) in [5.74, 6) is -0.465. The summed E-state index contributed by atoms with van der Waals surface area (Å²) < 4.78 is 55.7. The van der Waals surface area contributed by atoms with Gasteiger partial charge in [0.1, 0.15) is 5.75 Å². The average Bonchev–Trinajstić information content (AvgIpc) is 2.41. The molecule has 0 spiro atoms. The number of alkyl halides is 2. The second-order valence-corrected chi connectivity index (χ2v) is 6.45. The highest BCUT2D eigenvalue weighted by Crippen LogP contribution is 2.28. The van der Waals surface area contributed by atoms with Crippen molar-refractivity contribution in [2.24, 2.45) is 0 Å². The van der Waals surface area contributed by atoms with Gasteiger partial charge >= 0.3 is 6.61 Å². The van der Waals surface area contributed by atoms with Crippen LogP contribution in [0.5, 0.6) is 5.75 Å². The Balaban J connectivity index is 2.23. The van der Waals surface area contributed by atoms with Gasteiger partial charge in [0.05, 0.1) is 11.4 Å². The van der Waals surface area contributed by atoms with Gasteiger partial charge in [0.25, 0.3) is 0 Å². The Kier molecular flexibility index (Phi) is 4.97. The summed E-state index contributed by atoms with van der Waals surface area (Å²) >= 11 is 0. The smallest absolute Gasteiger partial charge is 0.387 e. The molecular weight excluding hydrogens is 312 g/mol. The van der Waals surface area contributed by atoms with Crippen LogP contribution in [0.3, 0.4) is 0 Å². The zero-order valence-electron chi connectivity index (χ0n) is 11.8. The molecule has 0 radical (unpaired) electrons. The second-order valence-electron chi connectivity index (χ2n) is 4.72. The molecule has 0 atom stereocenters. The first kappa shape index (κ1) is 16.2. The van der Waals surface area contributed by atoms with Crippen molar-refractivity contribution < 1.29 is 21.9 Å². The van der Waals surface area contributed by atoms with Crippen LogP contribution in [-0.2, 0) is 15.8 Å². The normalized spacial score (nSPS) is 11.5. The third-order valence-corrected chi connectivity index (χ3v) is 4.06. The molecule has 0 saturated heterocycles. The molecule has 0 aliphatic rings. The number of halogens is 2. The van der Waals surface area contributed by atoms with Crippen molar-refractivity contribution in [1.82, 2.24) is 0 Å². The van der Waals surface area contributed by atoms with Gasteiger partial charge in [-0.15, -0.1) is 0 Å². The standard InChI is InChI=1S/C15H15F2NO3S/c1-11-7-8-14(21-15(16)17)13(9-11)18-22(19,20)10-12-5-3-2-4-6-12/h2-9,15,18H,10H2,1H3. The van der Waals surface area contributed by atoms with E-state index >= 15 is 0 Å². The molecule has 2 aromatic carbocycles. The molecular formula is C15H15F2NO3S. The Labute approximate surface area is 127 Å². The fourth-order valence-corrected chi connectivity index (χ4v) is 3.12. The molecule has 0 unspecified atom stereocenters. The Morgan fingerprint density at radius 2 is 1.82 bits per heavy atom. The van der Waals surface area contributed by atoms with Crippen LogP contribution in [0.25, 0.3) is 0 Å². The molecule has 7 heteroatoms. The lowest BCUT2D eigenvalue weighted by molar-refractivity contribution is -0.0493. The van der Waals surface area contributed by atoms with Crippen LogP contribution >= 0.6 is 0 Å². The van der Waals surface area contributed by atoms with E-state index in [1.165, 1.54) is 12.1 Å². The van der Waals surface area contributed by atoms with Crippen molar-refractivity contribution >= 4 is 15.7 Å². The zero-order valence-corrected chi connectivity index (χ0v) is 12.6.